The van der Waals surface area contributed by atoms with E-state index in [-0.39, 0.29) is 5.69 Å². The fourth-order valence-electron chi connectivity index (χ4n) is 1.64. The number of pyridine rings is 1. The van der Waals surface area contributed by atoms with Crippen molar-refractivity contribution in [2.45, 2.75) is 6.42 Å². The molecule has 0 spiro atoms. The van der Waals surface area contributed by atoms with E-state index in [1.807, 2.05) is 0 Å². The molecule has 0 unspecified atom stereocenters. The highest BCUT2D eigenvalue weighted by Crippen LogP contribution is 2.31. The van der Waals surface area contributed by atoms with Crippen LogP contribution in [0.5, 0.6) is 5.75 Å². The molecule has 1 aromatic heterocycles. The standard InChI is InChI=1S/C12H11ClN2O3/c13-6-2-8-18-11-5-4-10(15(16)17)9-3-1-7-14-12(9)11/h1,3-5,7H,2,6,8H2. The van der Waals surface area contributed by atoms with Gasteiger partial charge in [-0.15, -0.1) is 11.6 Å². The van der Waals surface area contributed by atoms with Gasteiger partial charge in [0.25, 0.3) is 5.69 Å². The van der Waals surface area contributed by atoms with Gasteiger partial charge < -0.3 is 4.74 Å². The summed E-state index contributed by atoms with van der Waals surface area (Å²) < 4.78 is 5.52. The van der Waals surface area contributed by atoms with Gasteiger partial charge in [-0.1, -0.05) is 0 Å². The van der Waals surface area contributed by atoms with Gasteiger partial charge in [0.05, 0.1) is 16.9 Å². The van der Waals surface area contributed by atoms with Crippen LogP contribution in [-0.4, -0.2) is 22.4 Å². The molecular weight excluding hydrogens is 256 g/mol. The van der Waals surface area contributed by atoms with E-state index in [9.17, 15) is 10.1 Å². The smallest absolute Gasteiger partial charge is 0.279 e. The zero-order valence-corrected chi connectivity index (χ0v) is 10.3. The lowest BCUT2D eigenvalue weighted by atomic mass is 10.1. The summed E-state index contributed by atoms with van der Waals surface area (Å²) in [5, 5.41) is 11.4. The monoisotopic (exact) mass is 266 g/mol. The molecule has 0 aliphatic rings. The lowest BCUT2D eigenvalue weighted by molar-refractivity contribution is -0.383. The Morgan fingerprint density at radius 3 is 2.94 bits per heavy atom. The van der Waals surface area contributed by atoms with Gasteiger partial charge in [0.15, 0.2) is 0 Å². The second-order valence-electron chi connectivity index (χ2n) is 3.63. The summed E-state index contributed by atoms with van der Waals surface area (Å²) in [6.07, 6.45) is 2.30. The number of benzene rings is 1. The van der Waals surface area contributed by atoms with Gasteiger partial charge in [-0.05, 0) is 24.6 Å². The molecule has 0 N–H and O–H groups in total. The molecule has 0 radical (unpaired) electrons. The normalized spacial score (nSPS) is 10.5. The highest BCUT2D eigenvalue weighted by molar-refractivity contribution is 6.17. The van der Waals surface area contributed by atoms with E-state index in [0.717, 1.165) is 0 Å². The van der Waals surface area contributed by atoms with E-state index < -0.39 is 4.92 Å². The third-order valence-electron chi connectivity index (χ3n) is 2.44. The van der Waals surface area contributed by atoms with Crippen molar-refractivity contribution in [2.24, 2.45) is 0 Å². The number of alkyl halides is 1. The fourth-order valence-corrected chi connectivity index (χ4v) is 1.75. The summed E-state index contributed by atoms with van der Waals surface area (Å²) in [4.78, 5) is 14.6. The molecule has 0 saturated carbocycles. The van der Waals surface area contributed by atoms with Crippen LogP contribution < -0.4 is 4.74 Å². The number of fused-ring (bicyclic) bond motifs is 1. The van der Waals surface area contributed by atoms with Crippen LogP contribution >= 0.6 is 11.6 Å². The number of nitro groups is 1. The van der Waals surface area contributed by atoms with Crippen molar-refractivity contribution in [1.29, 1.82) is 0 Å². The lowest BCUT2D eigenvalue weighted by Crippen LogP contribution is -2.00. The number of halogens is 1. The van der Waals surface area contributed by atoms with Crippen molar-refractivity contribution in [2.75, 3.05) is 12.5 Å². The number of nitrogens with zero attached hydrogens (tertiary/aromatic N) is 2. The minimum atomic E-state index is -0.424. The van der Waals surface area contributed by atoms with Crippen molar-refractivity contribution >= 4 is 28.2 Å². The van der Waals surface area contributed by atoms with Crippen LogP contribution in [0.2, 0.25) is 0 Å². The minimum absolute atomic E-state index is 0.0304. The van der Waals surface area contributed by atoms with E-state index in [2.05, 4.69) is 4.98 Å². The summed E-state index contributed by atoms with van der Waals surface area (Å²) in [6, 6.07) is 6.33. The molecule has 18 heavy (non-hydrogen) atoms. The van der Waals surface area contributed by atoms with Crippen molar-refractivity contribution in [1.82, 2.24) is 4.98 Å². The maximum Gasteiger partial charge on any atom is 0.279 e. The van der Waals surface area contributed by atoms with Crippen LogP contribution in [0.1, 0.15) is 6.42 Å². The predicted molar refractivity (Wildman–Crippen MR) is 69.2 cm³/mol. The van der Waals surface area contributed by atoms with Crippen LogP contribution in [0.4, 0.5) is 5.69 Å². The van der Waals surface area contributed by atoms with Gasteiger partial charge in [0.2, 0.25) is 0 Å². The molecule has 1 aromatic carbocycles. The molecular formula is C12H11ClN2O3. The Morgan fingerprint density at radius 1 is 1.39 bits per heavy atom. The third-order valence-corrected chi connectivity index (χ3v) is 2.71. The van der Waals surface area contributed by atoms with Gasteiger partial charge in [-0.3, -0.25) is 15.1 Å². The quantitative estimate of drug-likeness (QED) is 0.361. The van der Waals surface area contributed by atoms with Crippen molar-refractivity contribution in [3.05, 3.63) is 40.6 Å². The van der Waals surface area contributed by atoms with Crippen LogP contribution in [0, 0.1) is 10.1 Å². The van der Waals surface area contributed by atoms with Crippen LogP contribution in [0.25, 0.3) is 10.9 Å². The van der Waals surface area contributed by atoms with E-state index in [1.165, 1.54) is 6.07 Å². The fraction of sp³-hybridized carbons (Fsp3) is 0.250. The average molecular weight is 267 g/mol. The first-order valence-corrected chi connectivity index (χ1v) is 5.98. The summed E-state index contributed by atoms with van der Waals surface area (Å²) in [5.74, 6) is 1.06. The summed E-state index contributed by atoms with van der Waals surface area (Å²) in [7, 11) is 0. The lowest BCUT2D eigenvalue weighted by Gasteiger charge is -2.07. The largest absolute Gasteiger partial charge is 0.491 e. The Morgan fingerprint density at radius 2 is 2.22 bits per heavy atom. The van der Waals surface area contributed by atoms with Gasteiger partial charge in [-0.2, -0.15) is 0 Å². The van der Waals surface area contributed by atoms with Gasteiger partial charge in [0, 0.05) is 18.1 Å². The number of non-ortho nitro benzene ring substituents is 1. The number of hydrogen-bond donors (Lipinski definition) is 0. The Labute approximate surface area is 108 Å². The summed E-state index contributed by atoms with van der Waals surface area (Å²) in [5.41, 5.74) is 0.532. The van der Waals surface area contributed by atoms with Gasteiger partial charge >= 0.3 is 0 Å². The molecule has 6 heteroatoms. The number of ether oxygens (including phenoxy) is 1. The topological polar surface area (TPSA) is 65.3 Å². The number of aromatic nitrogens is 1. The maximum absolute atomic E-state index is 10.9. The molecule has 0 atom stereocenters. The molecule has 1 heterocycles. The average Bonchev–Trinajstić information content (AvgIpc) is 2.38. The second-order valence-corrected chi connectivity index (χ2v) is 4.01. The predicted octanol–water partition coefficient (Wildman–Crippen LogP) is 3.15. The highest BCUT2D eigenvalue weighted by Gasteiger charge is 2.15. The van der Waals surface area contributed by atoms with E-state index in [0.29, 0.717) is 35.6 Å². The Bertz CT molecular complexity index is 574. The van der Waals surface area contributed by atoms with Crippen molar-refractivity contribution in [3.8, 4) is 5.75 Å². The molecule has 0 saturated heterocycles. The first-order chi connectivity index (χ1) is 8.74. The Hall–Kier alpha value is -1.88. The number of hydrogen-bond acceptors (Lipinski definition) is 4. The van der Waals surface area contributed by atoms with Gasteiger partial charge in [-0.25, -0.2) is 0 Å². The molecule has 0 aliphatic carbocycles. The molecule has 2 rings (SSSR count). The van der Waals surface area contributed by atoms with E-state index in [1.54, 1.807) is 24.4 Å². The number of rotatable bonds is 5. The molecule has 0 amide bonds. The Kier molecular flexibility index (Phi) is 3.94. The zero-order valence-electron chi connectivity index (χ0n) is 9.51. The van der Waals surface area contributed by atoms with Crippen molar-refractivity contribution in [3.63, 3.8) is 0 Å². The third kappa shape index (κ3) is 2.51. The van der Waals surface area contributed by atoms with E-state index in [4.69, 9.17) is 16.3 Å². The van der Waals surface area contributed by atoms with E-state index >= 15 is 0 Å². The van der Waals surface area contributed by atoms with Gasteiger partial charge in [0.1, 0.15) is 11.3 Å². The second kappa shape index (κ2) is 5.64. The molecule has 5 nitrogen and oxygen atoms in total. The highest BCUT2D eigenvalue weighted by atomic mass is 35.5. The molecule has 0 fully saturated rings. The summed E-state index contributed by atoms with van der Waals surface area (Å²) in [6.45, 7) is 0.465. The van der Waals surface area contributed by atoms with Crippen LogP contribution in [0.3, 0.4) is 0 Å². The van der Waals surface area contributed by atoms with Crippen LogP contribution in [-0.2, 0) is 0 Å². The number of nitro benzene ring substituents is 1. The molecule has 2 aromatic rings. The molecule has 94 valence electrons. The molecule has 0 bridgehead atoms. The first-order valence-electron chi connectivity index (χ1n) is 5.45. The molecule has 0 aliphatic heterocycles. The van der Waals surface area contributed by atoms with Crippen LogP contribution in [0.15, 0.2) is 30.5 Å². The zero-order chi connectivity index (χ0) is 13.0. The SMILES string of the molecule is O=[N+]([O-])c1ccc(OCCCCl)c2ncccc12. The van der Waals surface area contributed by atoms with Crippen molar-refractivity contribution < 1.29 is 9.66 Å². The minimum Gasteiger partial charge on any atom is -0.491 e. The summed E-state index contributed by atoms with van der Waals surface area (Å²) >= 11 is 5.57. The first kappa shape index (κ1) is 12.6. The maximum atomic E-state index is 10.9. The Balaban J connectivity index is 2.44.